The maximum absolute atomic E-state index is 13.7. The van der Waals surface area contributed by atoms with E-state index in [1.807, 2.05) is 35.9 Å². The monoisotopic (exact) mass is 235 g/mol. The molecule has 2 aromatic rings. The summed E-state index contributed by atoms with van der Waals surface area (Å²) in [6.07, 6.45) is 0. The van der Waals surface area contributed by atoms with E-state index in [-0.39, 0.29) is 5.82 Å². The van der Waals surface area contributed by atoms with E-state index in [0.717, 1.165) is 23.2 Å². The zero-order valence-electron chi connectivity index (χ0n) is 9.16. The van der Waals surface area contributed by atoms with E-state index in [1.165, 1.54) is 0 Å². The summed E-state index contributed by atoms with van der Waals surface area (Å²) in [6, 6.07) is 7.43. The van der Waals surface area contributed by atoms with Crippen LogP contribution in [0.15, 0.2) is 35.0 Å². The summed E-state index contributed by atoms with van der Waals surface area (Å²) in [5.41, 5.74) is 2.75. The number of thiophene rings is 1. The van der Waals surface area contributed by atoms with E-state index in [1.54, 1.807) is 17.4 Å². The van der Waals surface area contributed by atoms with E-state index in [2.05, 4.69) is 5.32 Å². The summed E-state index contributed by atoms with van der Waals surface area (Å²) in [5, 5.41) is 7.15. The first-order valence-electron chi connectivity index (χ1n) is 5.33. The third-order valence-corrected chi connectivity index (χ3v) is 3.16. The average molecular weight is 235 g/mol. The van der Waals surface area contributed by atoms with Crippen molar-refractivity contribution in [2.45, 2.75) is 13.5 Å². The van der Waals surface area contributed by atoms with Crippen molar-refractivity contribution in [3.8, 4) is 11.1 Å². The molecule has 0 saturated heterocycles. The van der Waals surface area contributed by atoms with Gasteiger partial charge in [0.1, 0.15) is 5.82 Å². The zero-order chi connectivity index (χ0) is 11.4. The van der Waals surface area contributed by atoms with Gasteiger partial charge in [0.15, 0.2) is 0 Å². The molecule has 1 nitrogen and oxygen atoms in total. The van der Waals surface area contributed by atoms with Crippen LogP contribution >= 0.6 is 11.3 Å². The van der Waals surface area contributed by atoms with Gasteiger partial charge in [-0.1, -0.05) is 19.1 Å². The van der Waals surface area contributed by atoms with Crippen molar-refractivity contribution >= 4 is 11.3 Å². The third-order valence-electron chi connectivity index (χ3n) is 2.47. The summed E-state index contributed by atoms with van der Waals surface area (Å²) in [6.45, 7) is 3.45. The van der Waals surface area contributed by atoms with Crippen LogP contribution < -0.4 is 5.32 Å². The molecule has 0 atom stereocenters. The normalized spacial score (nSPS) is 10.6. The second-order valence-electron chi connectivity index (χ2n) is 3.60. The molecule has 1 N–H and O–H groups in total. The van der Waals surface area contributed by atoms with Crippen LogP contribution in [0.25, 0.3) is 11.1 Å². The Labute approximate surface area is 98.9 Å². The third kappa shape index (κ3) is 2.49. The minimum atomic E-state index is -0.135. The topological polar surface area (TPSA) is 12.0 Å². The lowest BCUT2D eigenvalue weighted by Gasteiger charge is -2.05. The number of benzene rings is 1. The first kappa shape index (κ1) is 11.3. The van der Waals surface area contributed by atoms with Crippen molar-refractivity contribution in [3.05, 3.63) is 46.4 Å². The van der Waals surface area contributed by atoms with Crippen molar-refractivity contribution in [2.24, 2.45) is 0 Å². The Morgan fingerprint density at radius 1 is 1.25 bits per heavy atom. The summed E-state index contributed by atoms with van der Waals surface area (Å²) < 4.78 is 13.7. The zero-order valence-corrected chi connectivity index (χ0v) is 9.98. The van der Waals surface area contributed by atoms with Crippen LogP contribution in [-0.2, 0) is 6.54 Å². The molecule has 2 rings (SSSR count). The smallest absolute Gasteiger partial charge is 0.128 e. The molecule has 0 unspecified atom stereocenters. The lowest BCUT2D eigenvalue weighted by molar-refractivity contribution is 0.594. The fourth-order valence-electron chi connectivity index (χ4n) is 1.56. The summed E-state index contributed by atoms with van der Waals surface area (Å²) in [7, 11) is 0. The van der Waals surface area contributed by atoms with Crippen LogP contribution in [0.5, 0.6) is 0 Å². The van der Waals surface area contributed by atoms with E-state index in [9.17, 15) is 4.39 Å². The van der Waals surface area contributed by atoms with Crippen LogP contribution in [0.2, 0.25) is 0 Å². The Morgan fingerprint density at radius 3 is 2.75 bits per heavy atom. The highest BCUT2D eigenvalue weighted by molar-refractivity contribution is 7.08. The molecule has 1 heterocycles. The minimum Gasteiger partial charge on any atom is -0.313 e. The van der Waals surface area contributed by atoms with Crippen molar-refractivity contribution in [2.75, 3.05) is 6.54 Å². The highest BCUT2D eigenvalue weighted by Gasteiger charge is 2.04. The van der Waals surface area contributed by atoms with Crippen LogP contribution in [0.4, 0.5) is 4.39 Å². The highest BCUT2D eigenvalue weighted by atomic mass is 32.1. The van der Waals surface area contributed by atoms with Crippen LogP contribution in [0.3, 0.4) is 0 Å². The van der Waals surface area contributed by atoms with Gasteiger partial charge in [0.25, 0.3) is 0 Å². The van der Waals surface area contributed by atoms with Gasteiger partial charge in [0.2, 0.25) is 0 Å². The summed E-state index contributed by atoms with van der Waals surface area (Å²) in [5.74, 6) is -0.135. The fourth-order valence-corrected chi connectivity index (χ4v) is 2.22. The average Bonchev–Trinajstić information content (AvgIpc) is 2.81. The Morgan fingerprint density at radius 2 is 2.12 bits per heavy atom. The Balaban J connectivity index is 2.23. The molecule has 0 amide bonds. The first-order valence-corrected chi connectivity index (χ1v) is 6.27. The molecule has 0 aliphatic rings. The SMILES string of the molecule is CCNCc1ccc(-c2ccsc2)cc1F. The van der Waals surface area contributed by atoms with Crippen molar-refractivity contribution in [3.63, 3.8) is 0 Å². The van der Waals surface area contributed by atoms with Crippen molar-refractivity contribution in [1.82, 2.24) is 5.32 Å². The number of hydrogen-bond donors (Lipinski definition) is 1. The minimum absolute atomic E-state index is 0.135. The standard InChI is InChI=1S/C13H14FNS/c1-2-15-8-11-4-3-10(7-13(11)14)12-5-6-16-9-12/h3-7,9,15H,2,8H2,1H3. The quantitative estimate of drug-likeness (QED) is 0.852. The van der Waals surface area contributed by atoms with Crippen molar-refractivity contribution < 1.29 is 4.39 Å². The van der Waals surface area contributed by atoms with Gasteiger partial charge in [-0.15, -0.1) is 0 Å². The molecule has 0 aliphatic carbocycles. The molecule has 0 bridgehead atoms. The Bertz CT molecular complexity index is 451. The molecule has 1 aromatic heterocycles. The largest absolute Gasteiger partial charge is 0.313 e. The molecule has 0 radical (unpaired) electrons. The predicted molar refractivity (Wildman–Crippen MR) is 67.1 cm³/mol. The summed E-state index contributed by atoms with van der Waals surface area (Å²) in [4.78, 5) is 0. The highest BCUT2D eigenvalue weighted by Crippen LogP contribution is 2.24. The molecule has 84 valence electrons. The molecule has 3 heteroatoms. The van der Waals surface area contributed by atoms with Gasteiger partial charge in [0.05, 0.1) is 0 Å². The van der Waals surface area contributed by atoms with Gasteiger partial charge in [-0.3, -0.25) is 0 Å². The van der Waals surface area contributed by atoms with Gasteiger partial charge in [-0.25, -0.2) is 4.39 Å². The molecule has 0 spiro atoms. The van der Waals surface area contributed by atoms with Gasteiger partial charge in [-0.2, -0.15) is 11.3 Å². The molecule has 0 saturated carbocycles. The molecular formula is C13H14FNS. The molecule has 0 fully saturated rings. The molecule has 16 heavy (non-hydrogen) atoms. The lowest BCUT2D eigenvalue weighted by atomic mass is 10.1. The number of nitrogens with one attached hydrogen (secondary N) is 1. The fraction of sp³-hybridized carbons (Fsp3) is 0.231. The Kier molecular flexibility index (Phi) is 3.70. The van der Waals surface area contributed by atoms with E-state index in [4.69, 9.17) is 0 Å². The second-order valence-corrected chi connectivity index (χ2v) is 4.38. The van der Waals surface area contributed by atoms with Gasteiger partial charge in [0, 0.05) is 12.1 Å². The Hall–Kier alpha value is -1.19. The first-order chi connectivity index (χ1) is 7.81. The van der Waals surface area contributed by atoms with E-state index in [0.29, 0.717) is 6.54 Å². The van der Waals surface area contributed by atoms with Gasteiger partial charge in [-0.05, 0) is 40.6 Å². The number of halogens is 1. The van der Waals surface area contributed by atoms with Crippen LogP contribution in [-0.4, -0.2) is 6.54 Å². The molecule has 1 aromatic carbocycles. The second kappa shape index (κ2) is 5.23. The van der Waals surface area contributed by atoms with Crippen LogP contribution in [0, 0.1) is 5.82 Å². The lowest BCUT2D eigenvalue weighted by Crippen LogP contribution is -2.12. The molecular weight excluding hydrogens is 221 g/mol. The maximum Gasteiger partial charge on any atom is 0.128 e. The van der Waals surface area contributed by atoms with Gasteiger partial charge >= 0.3 is 0 Å². The number of rotatable bonds is 4. The van der Waals surface area contributed by atoms with E-state index >= 15 is 0 Å². The van der Waals surface area contributed by atoms with E-state index < -0.39 is 0 Å². The van der Waals surface area contributed by atoms with Gasteiger partial charge < -0.3 is 5.32 Å². The predicted octanol–water partition coefficient (Wildman–Crippen LogP) is 3.66. The summed E-state index contributed by atoms with van der Waals surface area (Å²) >= 11 is 1.62. The van der Waals surface area contributed by atoms with Crippen LogP contribution in [0.1, 0.15) is 12.5 Å². The molecule has 0 aliphatic heterocycles. The number of hydrogen-bond acceptors (Lipinski definition) is 2. The maximum atomic E-state index is 13.7. The van der Waals surface area contributed by atoms with Crippen molar-refractivity contribution in [1.29, 1.82) is 0 Å².